The van der Waals surface area contributed by atoms with Gasteiger partial charge in [-0.05, 0) is 37.3 Å². The van der Waals surface area contributed by atoms with Gasteiger partial charge >= 0.3 is 0 Å². The third-order valence-corrected chi connectivity index (χ3v) is 4.90. The molecule has 6 heteroatoms. The summed E-state index contributed by atoms with van der Waals surface area (Å²) in [5, 5.41) is 11.3. The van der Waals surface area contributed by atoms with Crippen molar-refractivity contribution >= 4 is 11.4 Å². The molecule has 2 aliphatic heterocycles. The van der Waals surface area contributed by atoms with Gasteiger partial charge < -0.3 is 9.64 Å². The summed E-state index contributed by atoms with van der Waals surface area (Å²) in [7, 11) is 0. The minimum absolute atomic E-state index is 0.225. The second kappa shape index (κ2) is 7.27. The monoisotopic (exact) mass is 319 g/mol. The van der Waals surface area contributed by atoms with Gasteiger partial charge in [-0.15, -0.1) is 0 Å². The molecule has 2 fully saturated rings. The number of rotatable bonds is 4. The van der Waals surface area contributed by atoms with Crippen molar-refractivity contribution in [2.45, 2.75) is 19.8 Å². The van der Waals surface area contributed by atoms with Crippen LogP contribution in [0.4, 0.5) is 11.4 Å². The maximum atomic E-state index is 11.3. The van der Waals surface area contributed by atoms with Crippen molar-refractivity contribution in [3.63, 3.8) is 0 Å². The smallest absolute Gasteiger partial charge is 0.292 e. The zero-order chi connectivity index (χ0) is 16.2. The summed E-state index contributed by atoms with van der Waals surface area (Å²) >= 11 is 0. The molecule has 2 saturated heterocycles. The summed E-state index contributed by atoms with van der Waals surface area (Å²) < 4.78 is 5.42. The van der Waals surface area contributed by atoms with Crippen LogP contribution in [0, 0.1) is 23.0 Å². The Morgan fingerprint density at radius 3 is 2.57 bits per heavy atom. The molecule has 0 atom stereocenters. The molecule has 0 N–H and O–H groups in total. The highest BCUT2D eigenvalue weighted by Gasteiger charge is 2.25. The number of nitro groups is 1. The Bertz CT molecular complexity index is 550. The lowest BCUT2D eigenvalue weighted by molar-refractivity contribution is -0.384. The van der Waals surface area contributed by atoms with E-state index < -0.39 is 0 Å². The standard InChI is InChI=1S/C17H25N3O3/c1-14-2-3-16(17(12-14)20(21)22)19-8-6-18(7-9-19)13-15-4-10-23-11-5-15/h2-3,12,15H,4-11,13H2,1H3. The number of anilines is 1. The summed E-state index contributed by atoms with van der Waals surface area (Å²) in [5.41, 5.74) is 1.91. The van der Waals surface area contributed by atoms with Crippen LogP contribution in [0.2, 0.25) is 0 Å². The number of nitro benzene ring substituents is 1. The third-order valence-electron chi connectivity index (χ3n) is 4.90. The first-order chi connectivity index (χ1) is 11.1. The number of nitrogens with zero attached hydrogens (tertiary/aromatic N) is 3. The van der Waals surface area contributed by atoms with Crippen molar-refractivity contribution in [2.24, 2.45) is 5.92 Å². The fourth-order valence-corrected chi connectivity index (χ4v) is 3.51. The predicted molar refractivity (Wildman–Crippen MR) is 90.0 cm³/mol. The number of piperazine rings is 1. The number of hydrogen-bond donors (Lipinski definition) is 0. The van der Waals surface area contributed by atoms with Gasteiger partial charge in [0, 0.05) is 52.0 Å². The average molecular weight is 319 g/mol. The highest BCUT2D eigenvalue weighted by Crippen LogP contribution is 2.30. The molecular formula is C17H25N3O3. The largest absolute Gasteiger partial charge is 0.381 e. The van der Waals surface area contributed by atoms with Crippen LogP contribution >= 0.6 is 0 Å². The Kier molecular flexibility index (Phi) is 5.13. The topological polar surface area (TPSA) is 58.8 Å². The number of ether oxygens (including phenoxy) is 1. The summed E-state index contributed by atoms with van der Waals surface area (Å²) in [6.45, 7) is 8.46. The van der Waals surface area contributed by atoms with Crippen LogP contribution < -0.4 is 4.90 Å². The van der Waals surface area contributed by atoms with Crippen LogP contribution in [0.5, 0.6) is 0 Å². The van der Waals surface area contributed by atoms with E-state index in [0.717, 1.165) is 75.9 Å². The summed E-state index contributed by atoms with van der Waals surface area (Å²) in [6, 6.07) is 5.52. The van der Waals surface area contributed by atoms with Gasteiger partial charge in [0.1, 0.15) is 5.69 Å². The summed E-state index contributed by atoms with van der Waals surface area (Å²) in [6.07, 6.45) is 2.31. The van der Waals surface area contributed by atoms with Crippen LogP contribution in [-0.2, 0) is 4.74 Å². The van der Waals surface area contributed by atoms with E-state index in [0.29, 0.717) is 0 Å². The van der Waals surface area contributed by atoms with Crippen LogP contribution in [0.3, 0.4) is 0 Å². The van der Waals surface area contributed by atoms with E-state index in [1.54, 1.807) is 6.07 Å². The first-order valence-corrected chi connectivity index (χ1v) is 8.43. The fraction of sp³-hybridized carbons (Fsp3) is 0.647. The van der Waals surface area contributed by atoms with Crippen LogP contribution in [0.1, 0.15) is 18.4 Å². The molecule has 1 aromatic rings. The lowest BCUT2D eigenvalue weighted by Crippen LogP contribution is -2.48. The van der Waals surface area contributed by atoms with Gasteiger partial charge in [-0.2, -0.15) is 0 Å². The lowest BCUT2D eigenvalue weighted by atomic mass is 9.99. The first-order valence-electron chi connectivity index (χ1n) is 8.43. The Morgan fingerprint density at radius 1 is 1.22 bits per heavy atom. The second-order valence-corrected chi connectivity index (χ2v) is 6.59. The SMILES string of the molecule is Cc1ccc(N2CCN(CC3CCOCC3)CC2)c([N+](=O)[O-])c1. The van der Waals surface area contributed by atoms with Crippen LogP contribution in [-0.4, -0.2) is 55.8 Å². The number of hydrogen-bond acceptors (Lipinski definition) is 5. The van der Waals surface area contributed by atoms with Gasteiger partial charge in [-0.3, -0.25) is 15.0 Å². The van der Waals surface area contributed by atoms with Gasteiger partial charge in [-0.25, -0.2) is 0 Å². The van der Waals surface area contributed by atoms with Gasteiger partial charge in [0.25, 0.3) is 5.69 Å². The van der Waals surface area contributed by atoms with Crippen molar-refractivity contribution in [1.82, 2.24) is 4.90 Å². The number of benzene rings is 1. The molecule has 126 valence electrons. The molecule has 1 aromatic carbocycles. The van der Waals surface area contributed by atoms with E-state index in [-0.39, 0.29) is 10.6 Å². The van der Waals surface area contributed by atoms with E-state index in [2.05, 4.69) is 9.80 Å². The van der Waals surface area contributed by atoms with Crippen molar-refractivity contribution < 1.29 is 9.66 Å². The highest BCUT2D eigenvalue weighted by molar-refractivity contribution is 5.64. The van der Waals surface area contributed by atoms with Gasteiger partial charge in [0.2, 0.25) is 0 Å². The molecule has 0 spiro atoms. The molecule has 0 unspecified atom stereocenters. The molecular weight excluding hydrogens is 294 g/mol. The molecule has 0 aliphatic carbocycles. The normalized spacial score (nSPS) is 20.7. The summed E-state index contributed by atoms with van der Waals surface area (Å²) in [4.78, 5) is 15.7. The van der Waals surface area contributed by atoms with Gasteiger partial charge in [-0.1, -0.05) is 6.07 Å². The highest BCUT2D eigenvalue weighted by atomic mass is 16.6. The zero-order valence-electron chi connectivity index (χ0n) is 13.7. The Balaban J connectivity index is 1.59. The maximum Gasteiger partial charge on any atom is 0.292 e. The van der Waals surface area contributed by atoms with Gasteiger partial charge in [0.05, 0.1) is 4.92 Å². The van der Waals surface area contributed by atoms with Crippen molar-refractivity contribution in [3.8, 4) is 0 Å². The second-order valence-electron chi connectivity index (χ2n) is 6.59. The average Bonchev–Trinajstić information content (AvgIpc) is 2.56. The zero-order valence-corrected chi connectivity index (χ0v) is 13.7. The maximum absolute atomic E-state index is 11.3. The summed E-state index contributed by atoms with van der Waals surface area (Å²) in [5.74, 6) is 0.740. The molecule has 0 bridgehead atoms. The predicted octanol–water partition coefficient (Wildman–Crippen LogP) is 2.45. The molecule has 6 nitrogen and oxygen atoms in total. The van der Waals surface area contributed by atoms with Crippen molar-refractivity contribution in [2.75, 3.05) is 50.8 Å². The first kappa shape index (κ1) is 16.2. The van der Waals surface area contributed by atoms with Crippen LogP contribution in [0.15, 0.2) is 18.2 Å². The van der Waals surface area contributed by atoms with Gasteiger partial charge in [0.15, 0.2) is 0 Å². The molecule has 0 saturated carbocycles. The van der Waals surface area contributed by atoms with Crippen molar-refractivity contribution in [1.29, 1.82) is 0 Å². The molecule has 0 aromatic heterocycles. The van der Waals surface area contributed by atoms with Crippen molar-refractivity contribution in [3.05, 3.63) is 33.9 Å². The molecule has 0 amide bonds. The molecule has 2 aliphatic rings. The van der Waals surface area contributed by atoms with E-state index in [1.807, 2.05) is 19.1 Å². The minimum atomic E-state index is -0.267. The molecule has 3 rings (SSSR count). The van der Waals surface area contributed by atoms with Crippen LogP contribution in [0.25, 0.3) is 0 Å². The Hall–Kier alpha value is -1.66. The number of aryl methyl sites for hydroxylation is 1. The van der Waals surface area contributed by atoms with E-state index in [4.69, 9.17) is 4.74 Å². The Labute approximate surface area is 137 Å². The van der Waals surface area contributed by atoms with E-state index >= 15 is 0 Å². The molecule has 0 radical (unpaired) electrons. The fourth-order valence-electron chi connectivity index (χ4n) is 3.51. The minimum Gasteiger partial charge on any atom is -0.381 e. The molecule has 2 heterocycles. The lowest BCUT2D eigenvalue weighted by Gasteiger charge is -2.38. The quantitative estimate of drug-likeness (QED) is 0.630. The van der Waals surface area contributed by atoms with E-state index in [9.17, 15) is 10.1 Å². The Morgan fingerprint density at radius 2 is 1.91 bits per heavy atom. The molecule has 23 heavy (non-hydrogen) atoms. The van der Waals surface area contributed by atoms with E-state index in [1.165, 1.54) is 0 Å². The third kappa shape index (κ3) is 4.00.